The second-order valence-electron chi connectivity index (χ2n) is 6.07. The highest BCUT2D eigenvalue weighted by atomic mass is 16.6. The van der Waals surface area contributed by atoms with Crippen molar-refractivity contribution in [2.45, 2.75) is 0 Å². The van der Waals surface area contributed by atoms with Crippen LogP contribution >= 0.6 is 0 Å². The number of anilines is 1. The second-order valence-corrected chi connectivity index (χ2v) is 6.07. The first-order chi connectivity index (χ1) is 13.6. The summed E-state index contributed by atoms with van der Waals surface area (Å²) in [5, 5.41) is 28.1. The van der Waals surface area contributed by atoms with E-state index in [1.807, 2.05) is 6.07 Å². The van der Waals surface area contributed by atoms with Crippen LogP contribution in [0.15, 0.2) is 30.3 Å². The van der Waals surface area contributed by atoms with E-state index in [-0.39, 0.29) is 12.3 Å². The number of aromatic nitrogens is 1. The second kappa shape index (κ2) is 8.68. The number of methoxy groups -OCH3 is 2. The first-order valence-electron chi connectivity index (χ1n) is 8.78. The van der Waals surface area contributed by atoms with Crippen LogP contribution in [0.2, 0.25) is 0 Å². The van der Waals surface area contributed by atoms with E-state index in [2.05, 4.69) is 15.6 Å². The molecule has 0 aliphatic heterocycles. The van der Waals surface area contributed by atoms with Gasteiger partial charge < -0.3 is 25.2 Å². The van der Waals surface area contributed by atoms with Crippen LogP contribution in [0.3, 0.4) is 0 Å². The predicted octanol–water partition coefficient (Wildman–Crippen LogP) is 2.31. The number of fused-ring (bicyclic) bond motifs is 2. The molecule has 9 heteroatoms. The average molecular weight is 386 g/mol. The molecule has 28 heavy (non-hydrogen) atoms. The summed E-state index contributed by atoms with van der Waals surface area (Å²) in [5.74, 6) is 1.10. The van der Waals surface area contributed by atoms with Gasteiger partial charge in [-0.1, -0.05) is 0 Å². The number of nitrogens with one attached hydrogen (secondary N) is 2. The molecule has 1 heterocycles. The summed E-state index contributed by atoms with van der Waals surface area (Å²) in [7, 11) is 3.11. The Bertz CT molecular complexity index is 1010. The lowest BCUT2D eigenvalue weighted by molar-refractivity contribution is -0.384. The highest BCUT2D eigenvalue weighted by molar-refractivity contribution is 6.08. The van der Waals surface area contributed by atoms with E-state index in [1.165, 1.54) is 12.1 Å². The number of nitrogens with zero attached hydrogens (tertiary/aromatic N) is 2. The molecule has 0 unspecified atom stereocenters. The highest BCUT2D eigenvalue weighted by Crippen LogP contribution is 2.38. The summed E-state index contributed by atoms with van der Waals surface area (Å²) >= 11 is 0. The highest BCUT2D eigenvalue weighted by Gasteiger charge is 2.16. The van der Waals surface area contributed by atoms with Crippen molar-refractivity contribution in [2.75, 3.05) is 45.8 Å². The van der Waals surface area contributed by atoms with Crippen molar-refractivity contribution in [3.8, 4) is 11.5 Å². The van der Waals surface area contributed by atoms with Gasteiger partial charge in [-0.05, 0) is 12.1 Å². The molecule has 0 saturated heterocycles. The van der Waals surface area contributed by atoms with E-state index in [4.69, 9.17) is 14.6 Å². The van der Waals surface area contributed by atoms with Crippen molar-refractivity contribution in [3.63, 3.8) is 0 Å². The molecule has 3 N–H and O–H groups in total. The molecule has 0 saturated carbocycles. The van der Waals surface area contributed by atoms with Crippen LogP contribution in [-0.4, -0.2) is 55.5 Å². The molecule has 1 aromatic heterocycles. The number of nitro benzene ring substituents is 1. The van der Waals surface area contributed by atoms with Gasteiger partial charge in [0.15, 0.2) is 11.5 Å². The molecule has 0 aliphatic carbocycles. The van der Waals surface area contributed by atoms with Crippen molar-refractivity contribution in [1.82, 2.24) is 10.3 Å². The predicted molar refractivity (Wildman–Crippen MR) is 107 cm³/mol. The Balaban J connectivity index is 2.15. The smallest absolute Gasteiger partial charge is 0.271 e. The fourth-order valence-electron chi connectivity index (χ4n) is 3.04. The maximum Gasteiger partial charge on any atom is 0.271 e. The van der Waals surface area contributed by atoms with E-state index in [0.717, 1.165) is 16.5 Å². The quantitative estimate of drug-likeness (QED) is 0.222. The first-order valence-corrected chi connectivity index (χ1v) is 8.78. The topological polar surface area (TPSA) is 119 Å². The number of rotatable bonds is 9. The minimum atomic E-state index is -0.439. The number of aliphatic hydroxyl groups is 1. The molecule has 0 bridgehead atoms. The van der Waals surface area contributed by atoms with Crippen LogP contribution < -0.4 is 20.1 Å². The van der Waals surface area contributed by atoms with Gasteiger partial charge in [0.25, 0.3) is 5.69 Å². The molecule has 0 spiro atoms. The monoisotopic (exact) mass is 386 g/mol. The standard InChI is InChI=1S/C19H22N4O5/c1-27-17-10-14-16(11-18(17)28-2)22-15-9-12(23(25)26)3-4-13(15)19(14)21-6-5-20-7-8-24/h3-4,9-11,20,24H,5-8H2,1-2H3,(H,21,22). The maximum absolute atomic E-state index is 11.1. The lowest BCUT2D eigenvalue weighted by Crippen LogP contribution is -2.25. The van der Waals surface area contributed by atoms with E-state index < -0.39 is 4.92 Å². The molecule has 3 aromatic rings. The van der Waals surface area contributed by atoms with Gasteiger partial charge in [-0.3, -0.25) is 10.1 Å². The zero-order valence-corrected chi connectivity index (χ0v) is 15.7. The number of benzene rings is 2. The van der Waals surface area contributed by atoms with Crippen molar-refractivity contribution in [2.24, 2.45) is 0 Å². The van der Waals surface area contributed by atoms with Gasteiger partial charge in [0.05, 0.1) is 42.5 Å². The molecule has 0 fully saturated rings. The Morgan fingerprint density at radius 1 is 1.04 bits per heavy atom. The SMILES string of the molecule is COc1cc2nc3cc([N+](=O)[O-])ccc3c(NCCNCCO)c2cc1OC. The molecule has 148 valence electrons. The van der Waals surface area contributed by atoms with E-state index in [0.29, 0.717) is 42.2 Å². The maximum atomic E-state index is 11.1. The third-order valence-electron chi connectivity index (χ3n) is 4.37. The molecular weight excluding hydrogens is 364 g/mol. The van der Waals surface area contributed by atoms with Crippen molar-refractivity contribution in [3.05, 3.63) is 40.4 Å². The number of pyridine rings is 1. The van der Waals surface area contributed by atoms with Crippen LogP contribution in [0.1, 0.15) is 0 Å². The zero-order chi connectivity index (χ0) is 20.1. The van der Waals surface area contributed by atoms with E-state index >= 15 is 0 Å². The summed E-state index contributed by atoms with van der Waals surface area (Å²) in [6.07, 6.45) is 0. The molecule has 0 radical (unpaired) electrons. The number of nitro groups is 1. The largest absolute Gasteiger partial charge is 0.493 e. The Labute approximate surface area is 161 Å². The third-order valence-corrected chi connectivity index (χ3v) is 4.37. The van der Waals surface area contributed by atoms with Gasteiger partial charge in [0, 0.05) is 48.6 Å². The summed E-state index contributed by atoms with van der Waals surface area (Å²) in [5.41, 5.74) is 1.94. The summed E-state index contributed by atoms with van der Waals surface area (Å²) in [6.45, 7) is 1.82. The van der Waals surface area contributed by atoms with E-state index in [1.54, 1.807) is 26.4 Å². The van der Waals surface area contributed by atoms with Crippen LogP contribution in [-0.2, 0) is 0 Å². The Hall–Kier alpha value is -3.17. The van der Waals surface area contributed by atoms with Crippen molar-refractivity contribution in [1.29, 1.82) is 0 Å². The van der Waals surface area contributed by atoms with Crippen LogP contribution in [0.4, 0.5) is 11.4 Å². The van der Waals surface area contributed by atoms with Crippen molar-refractivity contribution < 1.29 is 19.5 Å². The normalized spacial score (nSPS) is 11.0. The summed E-state index contributed by atoms with van der Waals surface area (Å²) in [4.78, 5) is 15.3. The van der Waals surface area contributed by atoms with Gasteiger partial charge in [0.1, 0.15) is 0 Å². The third kappa shape index (κ3) is 3.90. The van der Waals surface area contributed by atoms with Gasteiger partial charge in [-0.25, -0.2) is 4.98 Å². The first kappa shape index (κ1) is 19.6. The fourth-order valence-corrected chi connectivity index (χ4v) is 3.04. The molecule has 2 aromatic carbocycles. The lowest BCUT2D eigenvalue weighted by atomic mass is 10.1. The lowest BCUT2D eigenvalue weighted by Gasteiger charge is -2.16. The Morgan fingerprint density at radius 2 is 1.75 bits per heavy atom. The molecule has 0 atom stereocenters. The number of ether oxygens (including phenoxy) is 2. The Kier molecular flexibility index (Phi) is 6.07. The summed E-state index contributed by atoms with van der Waals surface area (Å²) in [6, 6.07) is 8.21. The fraction of sp³-hybridized carbons (Fsp3) is 0.316. The van der Waals surface area contributed by atoms with Gasteiger partial charge in [-0.2, -0.15) is 0 Å². The van der Waals surface area contributed by atoms with Crippen LogP contribution in [0, 0.1) is 10.1 Å². The van der Waals surface area contributed by atoms with Gasteiger partial charge >= 0.3 is 0 Å². The van der Waals surface area contributed by atoms with E-state index in [9.17, 15) is 10.1 Å². The van der Waals surface area contributed by atoms with Crippen LogP contribution in [0.25, 0.3) is 21.8 Å². The number of non-ortho nitro benzene ring substituents is 1. The zero-order valence-electron chi connectivity index (χ0n) is 15.7. The van der Waals surface area contributed by atoms with Crippen molar-refractivity contribution >= 4 is 33.2 Å². The summed E-state index contributed by atoms with van der Waals surface area (Å²) < 4.78 is 10.8. The van der Waals surface area contributed by atoms with Gasteiger partial charge in [0.2, 0.25) is 0 Å². The number of hydrogen-bond donors (Lipinski definition) is 3. The number of hydrogen-bond acceptors (Lipinski definition) is 8. The minimum absolute atomic E-state index is 0.0182. The van der Waals surface area contributed by atoms with Gasteiger partial charge in [-0.15, -0.1) is 0 Å². The minimum Gasteiger partial charge on any atom is -0.493 e. The molecular formula is C19H22N4O5. The van der Waals surface area contributed by atoms with Crippen LogP contribution in [0.5, 0.6) is 11.5 Å². The molecule has 3 rings (SSSR count). The average Bonchev–Trinajstić information content (AvgIpc) is 2.71. The number of aliphatic hydroxyl groups excluding tert-OH is 1. The molecule has 0 amide bonds. The molecule has 9 nitrogen and oxygen atoms in total. The Morgan fingerprint density at radius 3 is 2.43 bits per heavy atom. The molecule has 0 aliphatic rings.